The van der Waals surface area contributed by atoms with Crippen LogP contribution >= 0.6 is 0 Å². The molecule has 7 atom stereocenters. The zero-order valence-electron chi connectivity index (χ0n) is 17.0. The van der Waals surface area contributed by atoms with Crippen molar-refractivity contribution >= 4 is 22.1 Å². The van der Waals surface area contributed by atoms with Gasteiger partial charge in [0.2, 0.25) is 0 Å². The predicted molar refractivity (Wildman–Crippen MR) is 96.7 cm³/mol. The summed E-state index contributed by atoms with van der Waals surface area (Å²) in [6.45, 7) is -1.50. The van der Waals surface area contributed by atoms with Crippen LogP contribution in [0.25, 0.3) is 0 Å². The number of aliphatic hydroxyl groups is 1. The molecule has 7 unspecified atom stereocenters. The van der Waals surface area contributed by atoms with Crippen LogP contribution in [0.3, 0.4) is 0 Å². The van der Waals surface area contributed by atoms with Gasteiger partial charge in [0.05, 0.1) is 24.2 Å². The Morgan fingerprint density at radius 1 is 1.31 bits per heavy atom. The maximum atomic E-state index is 13.4. The van der Waals surface area contributed by atoms with E-state index >= 15 is 0 Å². The van der Waals surface area contributed by atoms with Gasteiger partial charge in [-0.25, -0.2) is 17.6 Å². The lowest BCUT2D eigenvalue weighted by atomic mass is 9.68. The van der Waals surface area contributed by atoms with E-state index in [1.165, 1.54) is 0 Å². The highest BCUT2D eigenvalue weighted by Crippen LogP contribution is 2.63. The first kappa shape index (κ1) is 23.7. The van der Waals surface area contributed by atoms with Crippen molar-refractivity contribution < 1.29 is 55.0 Å². The fourth-order valence-corrected chi connectivity index (χ4v) is 6.50. The highest BCUT2D eigenvalue weighted by Gasteiger charge is 2.71. The first-order valence-corrected chi connectivity index (χ1v) is 11.9. The van der Waals surface area contributed by atoms with E-state index in [4.69, 9.17) is 9.47 Å². The van der Waals surface area contributed by atoms with Crippen LogP contribution in [0, 0.1) is 23.7 Å². The summed E-state index contributed by atoms with van der Waals surface area (Å²) >= 11 is 0. The van der Waals surface area contributed by atoms with Crippen LogP contribution in [0.1, 0.15) is 38.5 Å². The van der Waals surface area contributed by atoms with Crippen LogP contribution in [0.2, 0.25) is 0 Å². The Morgan fingerprint density at radius 2 is 1.97 bits per heavy atom. The van der Waals surface area contributed by atoms with Gasteiger partial charge in [-0.1, -0.05) is 12.8 Å². The third-order valence-corrected chi connectivity index (χ3v) is 8.28. The van der Waals surface area contributed by atoms with E-state index in [2.05, 4.69) is 4.74 Å². The average molecular weight is 485 g/mol. The van der Waals surface area contributed by atoms with Gasteiger partial charge in [-0.05, 0) is 25.2 Å². The quantitative estimate of drug-likeness (QED) is 0.373. The number of ether oxygens (including phenoxy) is 3. The lowest BCUT2D eigenvalue weighted by Gasteiger charge is -2.40. The monoisotopic (exact) mass is 485 g/mol. The topological polar surface area (TPSA) is 139 Å². The normalized spacial score (nSPS) is 36.3. The molecule has 0 radical (unpaired) electrons. The van der Waals surface area contributed by atoms with Crippen LogP contribution in [0.15, 0.2) is 0 Å². The number of fused-ring (bicyclic) bond motifs is 1. The van der Waals surface area contributed by atoms with Crippen molar-refractivity contribution in [2.45, 2.75) is 67.8 Å². The number of hydrogen-bond acceptors (Lipinski definition) is 9. The zero-order chi connectivity index (χ0) is 23.5. The molecule has 0 amide bonds. The molecule has 0 aromatic rings. The Morgan fingerprint density at radius 3 is 2.59 bits per heavy atom. The maximum Gasteiger partial charge on any atom is 0.364 e. The number of rotatable bonds is 9. The third-order valence-electron chi connectivity index (χ3n) is 7.36. The molecule has 32 heavy (non-hydrogen) atoms. The molecule has 9 nitrogen and oxygen atoms in total. The molecule has 3 saturated carbocycles. The molecule has 3 aliphatic carbocycles. The Bertz CT molecular complexity index is 873. The van der Waals surface area contributed by atoms with Crippen molar-refractivity contribution in [3.8, 4) is 0 Å². The second kappa shape index (κ2) is 8.10. The Hall–Kier alpha value is -1.44. The molecule has 4 fully saturated rings. The summed E-state index contributed by atoms with van der Waals surface area (Å²) in [6.07, 6.45) is -2.19. The van der Waals surface area contributed by atoms with Crippen LogP contribution in [-0.4, -0.2) is 72.5 Å². The Kier molecular flexibility index (Phi) is 6.00. The van der Waals surface area contributed by atoms with Crippen molar-refractivity contribution in [2.75, 3.05) is 13.2 Å². The molecular formula is C19H24F3O9S-. The smallest absolute Gasteiger partial charge is 0.364 e. The maximum absolute atomic E-state index is 13.4. The van der Waals surface area contributed by atoms with E-state index in [9.17, 15) is 40.8 Å². The van der Waals surface area contributed by atoms with E-state index in [1.54, 1.807) is 0 Å². The minimum absolute atomic E-state index is 0.105. The molecule has 0 spiro atoms. The molecule has 0 aromatic heterocycles. The highest BCUT2D eigenvalue weighted by atomic mass is 32.2. The lowest BCUT2D eigenvalue weighted by molar-refractivity contribution is -0.159. The SMILES string of the molecule is O=C(COC1C2CC3C1OC(=O)C3C2C1(O)CCCC1)OCCC(F)C(F)(F)S(=O)(=O)[O-]. The molecular weight excluding hydrogens is 461 g/mol. The summed E-state index contributed by atoms with van der Waals surface area (Å²) < 4.78 is 86.5. The minimum atomic E-state index is -6.19. The Balaban J connectivity index is 1.31. The van der Waals surface area contributed by atoms with Crippen LogP contribution in [-0.2, 0) is 33.9 Å². The van der Waals surface area contributed by atoms with Gasteiger partial charge in [0.25, 0.3) is 0 Å². The van der Waals surface area contributed by atoms with E-state index < -0.39 is 65.0 Å². The number of halogens is 3. The number of carbonyl (C=O) groups is 2. The molecule has 13 heteroatoms. The zero-order valence-corrected chi connectivity index (χ0v) is 17.8. The van der Waals surface area contributed by atoms with Gasteiger partial charge in [-0.15, -0.1) is 0 Å². The second-order valence-corrected chi connectivity index (χ2v) is 10.5. The molecule has 4 aliphatic rings. The van der Waals surface area contributed by atoms with Crippen LogP contribution < -0.4 is 0 Å². The van der Waals surface area contributed by atoms with Gasteiger partial charge in [0, 0.05) is 18.3 Å². The Labute approximate surface area is 182 Å². The fraction of sp³-hybridized carbons (Fsp3) is 0.895. The number of esters is 2. The predicted octanol–water partition coefficient (Wildman–Crippen LogP) is 0.894. The number of hydrogen-bond donors (Lipinski definition) is 1. The summed E-state index contributed by atoms with van der Waals surface area (Å²) in [5, 5.41) is 5.99. The summed E-state index contributed by atoms with van der Waals surface area (Å²) in [6, 6.07) is 0. The molecule has 182 valence electrons. The molecule has 0 aromatic carbocycles. The first-order valence-electron chi connectivity index (χ1n) is 10.5. The highest BCUT2D eigenvalue weighted by molar-refractivity contribution is 7.86. The standard InChI is InChI=1S/C19H25F3O9S/c20-11(19(21,22)32(26,27)28)3-6-29-12(23)8-30-15-10-7-9-13(17(24)31-16(9)15)14(10)18(25)4-1-2-5-18/h9-11,13-16,25H,1-8H2,(H,26,27,28)/p-1. The van der Waals surface area contributed by atoms with Gasteiger partial charge in [0.1, 0.15) is 12.7 Å². The van der Waals surface area contributed by atoms with Gasteiger partial charge >= 0.3 is 17.2 Å². The molecule has 2 bridgehead atoms. The number of alkyl halides is 3. The fourth-order valence-electron chi connectivity index (χ4n) is 6.07. The molecule has 4 rings (SSSR count). The van der Waals surface area contributed by atoms with Gasteiger partial charge < -0.3 is 23.9 Å². The second-order valence-electron chi connectivity index (χ2n) is 9.10. The average Bonchev–Trinajstić information content (AvgIpc) is 3.42. The minimum Gasteiger partial charge on any atom is -0.743 e. The molecule has 1 saturated heterocycles. The summed E-state index contributed by atoms with van der Waals surface area (Å²) in [4.78, 5) is 24.3. The van der Waals surface area contributed by atoms with Gasteiger partial charge in [-0.2, -0.15) is 8.78 Å². The van der Waals surface area contributed by atoms with Crippen molar-refractivity contribution in [3.05, 3.63) is 0 Å². The molecule has 1 aliphatic heterocycles. The van der Waals surface area contributed by atoms with Crippen LogP contribution in [0.5, 0.6) is 0 Å². The van der Waals surface area contributed by atoms with Gasteiger partial charge in [-0.3, -0.25) is 4.79 Å². The molecule has 1 N–H and O–H groups in total. The van der Waals surface area contributed by atoms with E-state index in [1.807, 2.05) is 0 Å². The molecule has 1 heterocycles. The first-order chi connectivity index (χ1) is 14.9. The van der Waals surface area contributed by atoms with Crippen molar-refractivity contribution in [3.63, 3.8) is 0 Å². The number of carbonyl (C=O) groups excluding carboxylic acids is 2. The van der Waals surface area contributed by atoms with E-state index in [-0.39, 0.29) is 29.6 Å². The summed E-state index contributed by atoms with van der Waals surface area (Å²) in [5.41, 5.74) is -0.982. The van der Waals surface area contributed by atoms with Crippen molar-refractivity contribution in [1.29, 1.82) is 0 Å². The van der Waals surface area contributed by atoms with Gasteiger partial charge in [0.15, 0.2) is 16.3 Å². The summed E-state index contributed by atoms with van der Waals surface area (Å²) in [5.74, 6) is -2.39. The lowest BCUT2D eigenvalue weighted by Crippen LogP contribution is -2.49. The van der Waals surface area contributed by atoms with E-state index in [0.29, 0.717) is 19.3 Å². The van der Waals surface area contributed by atoms with Crippen LogP contribution in [0.4, 0.5) is 13.2 Å². The van der Waals surface area contributed by atoms with Crippen molar-refractivity contribution in [1.82, 2.24) is 0 Å². The van der Waals surface area contributed by atoms with Crippen molar-refractivity contribution in [2.24, 2.45) is 23.7 Å². The largest absolute Gasteiger partial charge is 0.743 e. The summed E-state index contributed by atoms with van der Waals surface area (Å²) in [7, 11) is -6.19. The van der Waals surface area contributed by atoms with E-state index in [0.717, 1.165) is 12.8 Å². The third kappa shape index (κ3) is 3.80.